The van der Waals surface area contributed by atoms with E-state index in [1.807, 2.05) is 0 Å². The highest BCUT2D eigenvalue weighted by Gasteiger charge is 2.55. The van der Waals surface area contributed by atoms with Gasteiger partial charge in [0.05, 0.1) is 26.4 Å². The van der Waals surface area contributed by atoms with Crippen molar-refractivity contribution in [2.24, 2.45) is 0 Å². The van der Waals surface area contributed by atoms with Crippen molar-refractivity contribution in [2.45, 2.75) is 137 Å². The Morgan fingerprint density at radius 3 is 1.33 bits per heavy atom. The molecule has 4 rings (SSSR count). The number of hydrogen-bond acceptors (Lipinski definition) is 21. The highest BCUT2D eigenvalue weighted by atomic mass is 16.8. The molecule has 51 heavy (non-hydrogen) atoms. The molecule has 0 bridgehead atoms. The van der Waals surface area contributed by atoms with Crippen molar-refractivity contribution in [1.82, 2.24) is 10.6 Å². The third-order valence-corrected chi connectivity index (χ3v) is 9.01. The molecule has 4 aliphatic rings. The molecule has 0 radical (unpaired) electrons. The van der Waals surface area contributed by atoms with Gasteiger partial charge in [-0.05, 0) is 0 Å². The van der Waals surface area contributed by atoms with Crippen LogP contribution in [0.3, 0.4) is 0 Å². The quantitative estimate of drug-likeness (QED) is 0.0881. The molecule has 4 saturated heterocycles. The van der Waals surface area contributed by atoms with Gasteiger partial charge in [-0.1, -0.05) is 0 Å². The predicted molar refractivity (Wildman–Crippen MR) is 157 cm³/mol. The van der Waals surface area contributed by atoms with Crippen LogP contribution in [0.1, 0.15) is 13.8 Å². The number of aliphatic hydroxyl groups excluding tert-OH is 12. The molecule has 0 aliphatic carbocycles. The molecule has 0 spiro atoms. The molecule has 0 aromatic rings. The second-order valence-corrected chi connectivity index (χ2v) is 12.6. The van der Waals surface area contributed by atoms with E-state index in [1.54, 1.807) is 0 Å². The van der Waals surface area contributed by atoms with Crippen LogP contribution in [0.4, 0.5) is 0 Å². The van der Waals surface area contributed by atoms with Crippen molar-refractivity contribution < 1.29 is 104 Å². The lowest BCUT2D eigenvalue weighted by Gasteiger charge is -2.50. The van der Waals surface area contributed by atoms with Gasteiger partial charge in [0.2, 0.25) is 11.8 Å². The van der Waals surface area contributed by atoms with Crippen LogP contribution in [0, 0.1) is 0 Å². The number of hydrogen-bond donors (Lipinski definition) is 14. The fourth-order valence-electron chi connectivity index (χ4n) is 6.36. The maximum absolute atomic E-state index is 12.2. The fourth-order valence-corrected chi connectivity index (χ4v) is 6.36. The molecule has 0 saturated carbocycles. The maximum Gasteiger partial charge on any atom is 0.217 e. The first-order chi connectivity index (χ1) is 24.1. The topological polar surface area (TPSA) is 366 Å². The Labute approximate surface area is 289 Å². The Balaban J connectivity index is 1.51. The Morgan fingerprint density at radius 1 is 0.471 bits per heavy atom. The smallest absolute Gasteiger partial charge is 0.217 e. The summed E-state index contributed by atoms with van der Waals surface area (Å²) in [4.78, 5) is 23.8. The SMILES string of the molecule is CC(=O)N[C@@H]1[C@@H](O)[C@H](O[C@@H]2O[C@H](CO)[C@H](O[C@@H]3O[C@H](CO)[C@@H](O[C@@H]4O[C@H](CO)[C@H](O)[C@H](O)[C@H]4O)[C@H](O)[C@H]3NC(C)=O)[C@H](O)[C@H]2O)[C@@H](CO)O[C@H]1O. The van der Waals surface area contributed by atoms with Gasteiger partial charge in [-0.15, -0.1) is 0 Å². The minimum absolute atomic E-state index is 0.657. The normalized spacial score (nSPS) is 47.8. The van der Waals surface area contributed by atoms with E-state index in [2.05, 4.69) is 10.6 Å². The first-order valence-electron chi connectivity index (χ1n) is 16.1. The number of ether oxygens (including phenoxy) is 7. The summed E-state index contributed by atoms with van der Waals surface area (Å²) in [5, 5.41) is 129. The van der Waals surface area contributed by atoms with Crippen LogP contribution >= 0.6 is 0 Å². The fraction of sp³-hybridized carbons (Fsp3) is 0.929. The minimum Gasteiger partial charge on any atom is -0.394 e. The van der Waals surface area contributed by atoms with Crippen molar-refractivity contribution in [3.05, 3.63) is 0 Å². The molecule has 0 unspecified atom stereocenters. The van der Waals surface area contributed by atoms with E-state index < -0.39 is 161 Å². The van der Waals surface area contributed by atoms with Crippen molar-refractivity contribution in [2.75, 3.05) is 26.4 Å². The summed E-state index contributed by atoms with van der Waals surface area (Å²) < 4.78 is 39.1. The molecular formula is C28H48N2O21. The summed E-state index contributed by atoms with van der Waals surface area (Å²) in [6, 6.07) is -3.03. The summed E-state index contributed by atoms with van der Waals surface area (Å²) in [6.07, 6.45) is -31.1. The highest BCUT2D eigenvalue weighted by Crippen LogP contribution is 2.34. The number of aliphatic hydroxyl groups is 12. The van der Waals surface area contributed by atoms with Gasteiger partial charge in [-0.2, -0.15) is 0 Å². The van der Waals surface area contributed by atoms with Gasteiger partial charge in [0, 0.05) is 13.8 Å². The molecule has 23 nitrogen and oxygen atoms in total. The third kappa shape index (κ3) is 9.11. The number of amides is 2. The van der Waals surface area contributed by atoms with Gasteiger partial charge in [0.15, 0.2) is 25.2 Å². The Hall–Kier alpha value is -1.82. The Morgan fingerprint density at radius 2 is 0.843 bits per heavy atom. The van der Waals surface area contributed by atoms with E-state index in [0.717, 1.165) is 13.8 Å². The lowest BCUT2D eigenvalue weighted by atomic mass is 9.94. The molecule has 296 valence electrons. The Kier molecular flexibility index (Phi) is 14.8. The van der Waals surface area contributed by atoms with Crippen LogP contribution in [-0.4, -0.2) is 222 Å². The molecule has 2 amide bonds. The van der Waals surface area contributed by atoms with Gasteiger partial charge >= 0.3 is 0 Å². The minimum atomic E-state index is -2.03. The predicted octanol–water partition coefficient (Wildman–Crippen LogP) is -9.46. The molecular weight excluding hydrogens is 700 g/mol. The van der Waals surface area contributed by atoms with Crippen molar-refractivity contribution in [1.29, 1.82) is 0 Å². The van der Waals surface area contributed by atoms with Gasteiger partial charge in [-0.3, -0.25) is 9.59 Å². The third-order valence-electron chi connectivity index (χ3n) is 9.01. The van der Waals surface area contributed by atoms with Crippen LogP contribution in [-0.2, 0) is 42.7 Å². The lowest BCUT2D eigenvalue weighted by Crippen LogP contribution is -2.70. The van der Waals surface area contributed by atoms with Gasteiger partial charge in [-0.25, -0.2) is 0 Å². The molecule has 20 atom stereocenters. The van der Waals surface area contributed by atoms with E-state index in [-0.39, 0.29) is 0 Å². The van der Waals surface area contributed by atoms with Crippen LogP contribution in [0.5, 0.6) is 0 Å². The van der Waals surface area contributed by atoms with Crippen molar-refractivity contribution in [3.63, 3.8) is 0 Å². The largest absolute Gasteiger partial charge is 0.394 e. The summed E-state index contributed by atoms with van der Waals surface area (Å²) in [5.41, 5.74) is 0. The molecule has 23 heteroatoms. The van der Waals surface area contributed by atoms with Crippen molar-refractivity contribution >= 4 is 11.8 Å². The molecule has 4 aliphatic heterocycles. The standard InChI is InChI=1S/C28H48N2O21/c1-7(35)29-13-16(38)22(10(4-32)45-25(13)44)50-28-21(43)19(41)24(12(6-34)48-28)49-26-14(30-8(2)36)17(39)23(11(5-33)47-26)51-27-20(42)18(40)15(37)9(3-31)46-27/h9-28,31-34,37-44H,3-6H2,1-2H3,(H,29,35)(H,30,36)/t9-,10-,11-,12-,13-,14-,15+,16-,17-,18+,19-,20-,21-,22-,23-,24+,25-,26+,27+,28+/m1/s1. The Bertz CT molecular complexity index is 1140. The average molecular weight is 749 g/mol. The zero-order valence-electron chi connectivity index (χ0n) is 27.4. The van der Waals surface area contributed by atoms with Gasteiger partial charge < -0.3 is 105 Å². The summed E-state index contributed by atoms with van der Waals surface area (Å²) in [7, 11) is 0. The molecule has 14 N–H and O–H groups in total. The summed E-state index contributed by atoms with van der Waals surface area (Å²) in [6.45, 7) is -1.26. The first kappa shape index (κ1) is 41.9. The van der Waals surface area contributed by atoms with Crippen LogP contribution in [0.2, 0.25) is 0 Å². The molecule has 0 aromatic carbocycles. The summed E-state index contributed by atoms with van der Waals surface area (Å²) in [5.74, 6) is -1.40. The zero-order chi connectivity index (χ0) is 37.9. The molecule has 4 heterocycles. The van der Waals surface area contributed by atoms with E-state index in [4.69, 9.17) is 33.2 Å². The van der Waals surface area contributed by atoms with E-state index >= 15 is 0 Å². The van der Waals surface area contributed by atoms with Gasteiger partial charge in [0.25, 0.3) is 0 Å². The van der Waals surface area contributed by atoms with E-state index in [1.165, 1.54) is 0 Å². The van der Waals surface area contributed by atoms with Crippen LogP contribution < -0.4 is 10.6 Å². The number of carbonyl (C=O) groups is 2. The van der Waals surface area contributed by atoms with E-state index in [0.29, 0.717) is 0 Å². The van der Waals surface area contributed by atoms with E-state index in [9.17, 15) is 70.9 Å². The maximum atomic E-state index is 12.2. The van der Waals surface area contributed by atoms with Crippen molar-refractivity contribution in [3.8, 4) is 0 Å². The van der Waals surface area contributed by atoms with Crippen LogP contribution in [0.25, 0.3) is 0 Å². The first-order valence-corrected chi connectivity index (χ1v) is 16.1. The van der Waals surface area contributed by atoms with Gasteiger partial charge in [0.1, 0.15) is 97.5 Å². The number of carbonyl (C=O) groups excluding carboxylic acids is 2. The summed E-state index contributed by atoms with van der Waals surface area (Å²) >= 11 is 0. The second-order valence-electron chi connectivity index (χ2n) is 12.6. The lowest BCUT2D eigenvalue weighted by molar-refractivity contribution is -0.376. The molecule has 0 aromatic heterocycles. The number of rotatable bonds is 12. The average Bonchev–Trinajstić information content (AvgIpc) is 3.09. The zero-order valence-corrected chi connectivity index (χ0v) is 27.4. The highest BCUT2D eigenvalue weighted by molar-refractivity contribution is 5.73. The molecule has 4 fully saturated rings. The number of nitrogens with one attached hydrogen (secondary N) is 2. The second kappa shape index (κ2) is 18.0. The monoisotopic (exact) mass is 748 g/mol. The van der Waals surface area contributed by atoms with Crippen LogP contribution in [0.15, 0.2) is 0 Å².